The molecule has 0 heterocycles. The maximum atomic E-state index is 13.7. The van der Waals surface area contributed by atoms with Crippen LogP contribution in [0, 0.1) is 12.7 Å². The zero-order chi connectivity index (χ0) is 11.9. The highest BCUT2D eigenvalue weighted by atomic mass is 19.4. The maximum Gasteiger partial charge on any atom is 0.419 e. The van der Waals surface area contributed by atoms with Gasteiger partial charge in [0.25, 0.3) is 0 Å². The molecule has 0 atom stereocenters. The molecule has 2 aromatic rings. The van der Waals surface area contributed by atoms with Crippen molar-refractivity contribution in [1.29, 1.82) is 0 Å². The van der Waals surface area contributed by atoms with E-state index in [9.17, 15) is 17.6 Å². The average molecular weight is 228 g/mol. The Labute approximate surface area is 89.5 Å². The predicted molar refractivity (Wildman–Crippen MR) is 53.6 cm³/mol. The Morgan fingerprint density at radius 1 is 1.00 bits per heavy atom. The first-order valence-corrected chi connectivity index (χ1v) is 4.66. The Balaban J connectivity index is 2.84. The van der Waals surface area contributed by atoms with Gasteiger partial charge in [-0.25, -0.2) is 4.39 Å². The predicted octanol–water partition coefficient (Wildman–Crippen LogP) is 4.31. The number of hydrogen-bond donors (Lipinski definition) is 0. The van der Waals surface area contributed by atoms with Crippen molar-refractivity contribution in [2.45, 2.75) is 13.1 Å². The van der Waals surface area contributed by atoms with Crippen LogP contribution in [0.3, 0.4) is 0 Å². The fourth-order valence-electron chi connectivity index (χ4n) is 1.73. The Hall–Kier alpha value is -1.58. The summed E-state index contributed by atoms with van der Waals surface area (Å²) >= 11 is 0. The van der Waals surface area contributed by atoms with Gasteiger partial charge in [-0.3, -0.25) is 0 Å². The fourth-order valence-corrected chi connectivity index (χ4v) is 1.73. The molecule has 0 N–H and O–H groups in total. The fraction of sp³-hybridized carbons (Fsp3) is 0.167. The van der Waals surface area contributed by atoms with E-state index in [0.717, 1.165) is 6.07 Å². The van der Waals surface area contributed by atoms with E-state index in [4.69, 9.17) is 0 Å². The highest BCUT2D eigenvalue weighted by Gasteiger charge is 2.34. The van der Waals surface area contributed by atoms with Crippen molar-refractivity contribution >= 4 is 10.8 Å². The van der Waals surface area contributed by atoms with Crippen LogP contribution in [-0.2, 0) is 6.18 Å². The van der Waals surface area contributed by atoms with E-state index < -0.39 is 17.6 Å². The lowest BCUT2D eigenvalue weighted by Gasteiger charge is -2.11. The third-order valence-corrected chi connectivity index (χ3v) is 2.50. The van der Waals surface area contributed by atoms with Crippen LogP contribution in [-0.4, -0.2) is 0 Å². The number of halogens is 4. The number of aryl methyl sites for hydroxylation is 1. The topological polar surface area (TPSA) is 0 Å². The summed E-state index contributed by atoms with van der Waals surface area (Å²) in [5.41, 5.74) is -0.713. The second-order valence-corrected chi connectivity index (χ2v) is 3.60. The van der Waals surface area contributed by atoms with E-state index in [0.29, 0.717) is 10.9 Å². The second kappa shape index (κ2) is 3.47. The van der Waals surface area contributed by atoms with Crippen LogP contribution in [0.2, 0.25) is 0 Å². The smallest absolute Gasteiger partial charge is 0.206 e. The first kappa shape index (κ1) is 10.9. The molecular weight excluding hydrogens is 220 g/mol. The third-order valence-electron chi connectivity index (χ3n) is 2.50. The standard InChI is InChI=1S/C12H8F4/c1-7-3-2-4-8-5-6-9(12(14,15)16)11(13)10(7)8/h2-6H,1H3. The molecule has 16 heavy (non-hydrogen) atoms. The van der Waals surface area contributed by atoms with E-state index in [-0.39, 0.29) is 5.39 Å². The molecular formula is C12H8F4. The molecule has 0 nitrogen and oxygen atoms in total. The van der Waals surface area contributed by atoms with Crippen LogP contribution in [0.1, 0.15) is 11.1 Å². The van der Waals surface area contributed by atoms with Crippen LogP contribution in [0.5, 0.6) is 0 Å². The molecule has 0 spiro atoms. The van der Waals surface area contributed by atoms with Gasteiger partial charge in [0.2, 0.25) is 0 Å². The molecule has 0 aliphatic carbocycles. The van der Waals surface area contributed by atoms with E-state index >= 15 is 0 Å². The van der Waals surface area contributed by atoms with Crippen LogP contribution < -0.4 is 0 Å². The van der Waals surface area contributed by atoms with Gasteiger partial charge >= 0.3 is 6.18 Å². The van der Waals surface area contributed by atoms with Crippen molar-refractivity contribution in [3.05, 3.63) is 47.3 Å². The number of rotatable bonds is 0. The summed E-state index contributed by atoms with van der Waals surface area (Å²) < 4.78 is 51.1. The minimum absolute atomic E-state index is 0.0392. The van der Waals surface area contributed by atoms with Crippen LogP contribution >= 0.6 is 0 Å². The molecule has 0 saturated heterocycles. The summed E-state index contributed by atoms with van der Waals surface area (Å²) in [6, 6.07) is 6.92. The van der Waals surface area contributed by atoms with Crippen molar-refractivity contribution in [2.24, 2.45) is 0 Å². The van der Waals surface area contributed by atoms with Gasteiger partial charge in [0.15, 0.2) is 0 Å². The lowest BCUT2D eigenvalue weighted by Crippen LogP contribution is -2.08. The van der Waals surface area contributed by atoms with Crippen molar-refractivity contribution < 1.29 is 17.6 Å². The summed E-state index contributed by atoms with van der Waals surface area (Å²) in [6.07, 6.45) is -4.65. The molecule has 0 fully saturated rings. The summed E-state index contributed by atoms with van der Waals surface area (Å²) in [4.78, 5) is 0. The molecule has 4 heteroatoms. The Kier molecular flexibility index (Phi) is 2.37. The van der Waals surface area contributed by atoms with E-state index in [2.05, 4.69) is 0 Å². The lowest BCUT2D eigenvalue weighted by atomic mass is 10.0. The highest BCUT2D eigenvalue weighted by Crippen LogP contribution is 2.35. The molecule has 0 aliphatic rings. The van der Waals surface area contributed by atoms with Gasteiger partial charge in [-0.15, -0.1) is 0 Å². The SMILES string of the molecule is Cc1cccc2ccc(C(F)(F)F)c(F)c12. The van der Waals surface area contributed by atoms with Crippen LogP contribution in [0.4, 0.5) is 17.6 Å². The summed E-state index contributed by atoms with van der Waals surface area (Å²) in [5, 5.41) is 0.517. The molecule has 0 unspecified atom stereocenters. The Morgan fingerprint density at radius 2 is 1.69 bits per heavy atom. The van der Waals surface area contributed by atoms with Gasteiger partial charge in [-0.1, -0.05) is 24.3 Å². The second-order valence-electron chi connectivity index (χ2n) is 3.60. The van der Waals surface area contributed by atoms with Gasteiger partial charge in [0.05, 0.1) is 5.56 Å². The zero-order valence-electron chi connectivity index (χ0n) is 8.40. The van der Waals surface area contributed by atoms with Gasteiger partial charge in [-0.05, 0) is 23.9 Å². The molecule has 0 bridgehead atoms. The minimum Gasteiger partial charge on any atom is -0.206 e. The Morgan fingerprint density at radius 3 is 2.31 bits per heavy atom. The van der Waals surface area contributed by atoms with E-state index in [1.165, 1.54) is 6.07 Å². The Bertz CT molecular complexity index is 540. The first-order valence-electron chi connectivity index (χ1n) is 4.66. The summed E-state index contributed by atoms with van der Waals surface area (Å²) in [5.74, 6) is -1.19. The number of benzene rings is 2. The zero-order valence-corrected chi connectivity index (χ0v) is 8.40. The molecule has 2 aromatic carbocycles. The maximum absolute atomic E-state index is 13.7. The number of alkyl halides is 3. The number of hydrogen-bond acceptors (Lipinski definition) is 0. The molecule has 0 amide bonds. The van der Waals surface area contributed by atoms with Crippen molar-refractivity contribution in [3.8, 4) is 0 Å². The van der Waals surface area contributed by atoms with Crippen molar-refractivity contribution in [3.63, 3.8) is 0 Å². The van der Waals surface area contributed by atoms with Gasteiger partial charge < -0.3 is 0 Å². The molecule has 2 rings (SSSR count). The quantitative estimate of drug-likeness (QED) is 0.589. The number of fused-ring (bicyclic) bond motifs is 1. The van der Waals surface area contributed by atoms with Gasteiger partial charge in [-0.2, -0.15) is 13.2 Å². The molecule has 0 aliphatic heterocycles. The molecule has 0 radical (unpaired) electrons. The van der Waals surface area contributed by atoms with Crippen LogP contribution in [0.25, 0.3) is 10.8 Å². The van der Waals surface area contributed by atoms with Crippen molar-refractivity contribution in [1.82, 2.24) is 0 Å². The third kappa shape index (κ3) is 1.64. The average Bonchev–Trinajstić information content (AvgIpc) is 2.16. The van der Waals surface area contributed by atoms with E-state index in [1.807, 2.05) is 0 Å². The molecule has 0 saturated carbocycles. The van der Waals surface area contributed by atoms with Gasteiger partial charge in [0, 0.05) is 5.39 Å². The normalized spacial score (nSPS) is 12.1. The monoisotopic (exact) mass is 228 g/mol. The van der Waals surface area contributed by atoms with Gasteiger partial charge in [0.1, 0.15) is 5.82 Å². The molecule has 84 valence electrons. The summed E-state index contributed by atoms with van der Waals surface area (Å²) in [7, 11) is 0. The first-order chi connectivity index (χ1) is 7.41. The highest BCUT2D eigenvalue weighted by molar-refractivity contribution is 5.87. The van der Waals surface area contributed by atoms with Crippen molar-refractivity contribution in [2.75, 3.05) is 0 Å². The molecule has 0 aromatic heterocycles. The van der Waals surface area contributed by atoms with Crippen LogP contribution in [0.15, 0.2) is 30.3 Å². The largest absolute Gasteiger partial charge is 0.419 e. The minimum atomic E-state index is -4.65. The lowest BCUT2D eigenvalue weighted by molar-refractivity contribution is -0.139. The summed E-state index contributed by atoms with van der Waals surface area (Å²) in [6.45, 7) is 1.59. The van der Waals surface area contributed by atoms with E-state index in [1.54, 1.807) is 25.1 Å².